The Morgan fingerprint density at radius 3 is 2.35 bits per heavy atom. The number of ether oxygens (including phenoxy) is 1. The van der Waals surface area contributed by atoms with Crippen molar-refractivity contribution in [3.63, 3.8) is 0 Å². The first-order valence-corrected chi connectivity index (χ1v) is 12.3. The average Bonchev–Trinajstić information content (AvgIpc) is 2.98. The summed E-state index contributed by atoms with van der Waals surface area (Å²) in [7, 11) is 1.56. The Morgan fingerprint density at radius 2 is 1.68 bits per heavy atom. The third-order valence-electron chi connectivity index (χ3n) is 5.60. The molecule has 0 fully saturated rings. The molecule has 174 valence electrons. The number of aliphatic imine (C=N–C) groups is 2. The minimum absolute atomic E-state index is 0.161. The standard InChI is InChI=1S/C27H26ClN3O2S/c1-16-5-7-19(8-6-16)21-14-27(31-23-12-18(3)17(2)11-22(23)29-21)34-15-26(32)30-24-13-20(28)9-10-25(24)33-4/h5-13H,14-15H2,1-4H3,(H,30,32). The SMILES string of the molecule is COc1ccc(Cl)cc1NC(=O)CSC1=Nc2cc(C)c(C)cc2N=C(c2ccc(C)cc2)C1. The molecule has 1 N–H and O–H groups in total. The third kappa shape index (κ3) is 5.69. The summed E-state index contributed by atoms with van der Waals surface area (Å²) < 4.78 is 5.32. The Kier molecular flexibility index (Phi) is 7.39. The van der Waals surface area contributed by atoms with Crippen molar-refractivity contribution >= 4 is 57.1 Å². The summed E-state index contributed by atoms with van der Waals surface area (Å²) in [6, 6.07) is 17.6. The van der Waals surface area contributed by atoms with Gasteiger partial charge in [-0.2, -0.15) is 0 Å². The van der Waals surface area contributed by atoms with E-state index in [0.29, 0.717) is 22.9 Å². The fourth-order valence-electron chi connectivity index (χ4n) is 3.58. The lowest BCUT2D eigenvalue weighted by atomic mass is 10.1. The van der Waals surface area contributed by atoms with Crippen LogP contribution >= 0.6 is 23.4 Å². The van der Waals surface area contributed by atoms with E-state index in [2.05, 4.69) is 62.5 Å². The number of halogens is 1. The van der Waals surface area contributed by atoms with Crippen molar-refractivity contribution in [1.82, 2.24) is 0 Å². The van der Waals surface area contributed by atoms with Gasteiger partial charge in [0, 0.05) is 11.4 Å². The van der Waals surface area contributed by atoms with Gasteiger partial charge in [-0.05, 0) is 67.8 Å². The maximum absolute atomic E-state index is 12.7. The number of anilines is 1. The van der Waals surface area contributed by atoms with E-state index in [4.69, 9.17) is 26.3 Å². The maximum atomic E-state index is 12.7. The van der Waals surface area contributed by atoms with Crippen LogP contribution in [0.4, 0.5) is 17.1 Å². The number of aryl methyl sites for hydroxylation is 3. The van der Waals surface area contributed by atoms with Crippen LogP contribution in [0.5, 0.6) is 5.75 Å². The normalized spacial score (nSPS) is 12.9. The van der Waals surface area contributed by atoms with Crippen molar-refractivity contribution in [2.45, 2.75) is 27.2 Å². The van der Waals surface area contributed by atoms with Crippen molar-refractivity contribution in [1.29, 1.82) is 0 Å². The number of benzene rings is 3. The molecule has 4 rings (SSSR count). The van der Waals surface area contributed by atoms with Gasteiger partial charge in [0.25, 0.3) is 0 Å². The molecule has 7 heteroatoms. The van der Waals surface area contributed by atoms with Crippen molar-refractivity contribution in [2.75, 3.05) is 18.2 Å². The topological polar surface area (TPSA) is 63.0 Å². The lowest BCUT2D eigenvalue weighted by molar-refractivity contribution is -0.113. The number of methoxy groups -OCH3 is 1. The van der Waals surface area contributed by atoms with Gasteiger partial charge in [-0.25, -0.2) is 4.99 Å². The highest BCUT2D eigenvalue weighted by molar-refractivity contribution is 8.14. The number of nitrogens with one attached hydrogen (secondary N) is 1. The lowest BCUT2D eigenvalue weighted by Crippen LogP contribution is -2.16. The minimum atomic E-state index is -0.161. The van der Waals surface area contributed by atoms with Crippen molar-refractivity contribution < 1.29 is 9.53 Å². The molecule has 0 saturated heterocycles. The number of fused-ring (bicyclic) bond motifs is 1. The van der Waals surface area contributed by atoms with Gasteiger partial charge < -0.3 is 10.1 Å². The van der Waals surface area contributed by atoms with Crippen LogP contribution in [0.2, 0.25) is 5.02 Å². The molecular weight excluding hydrogens is 466 g/mol. The summed E-state index contributed by atoms with van der Waals surface area (Å²) in [5.74, 6) is 0.602. The number of hydrogen-bond donors (Lipinski definition) is 1. The first kappa shape index (κ1) is 24.0. The highest BCUT2D eigenvalue weighted by Gasteiger charge is 2.18. The second-order valence-corrected chi connectivity index (χ2v) is 9.70. The van der Waals surface area contributed by atoms with Crippen LogP contribution in [0.15, 0.2) is 64.6 Å². The summed E-state index contributed by atoms with van der Waals surface area (Å²) in [6.07, 6.45) is 0.550. The van der Waals surface area contributed by atoms with Crippen LogP contribution in [0.25, 0.3) is 0 Å². The molecule has 3 aromatic carbocycles. The van der Waals surface area contributed by atoms with Gasteiger partial charge in [-0.1, -0.05) is 41.4 Å². The van der Waals surface area contributed by atoms with Crippen LogP contribution in [0.3, 0.4) is 0 Å². The minimum Gasteiger partial charge on any atom is -0.495 e. The Labute approximate surface area is 209 Å². The summed E-state index contributed by atoms with van der Waals surface area (Å²) >= 11 is 7.50. The van der Waals surface area contributed by atoms with E-state index in [9.17, 15) is 4.79 Å². The van der Waals surface area contributed by atoms with E-state index in [1.807, 2.05) is 0 Å². The molecule has 0 saturated carbocycles. The van der Waals surface area contributed by atoms with E-state index in [1.54, 1.807) is 25.3 Å². The van der Waals surface area contributed by atoms with Gasteiger partial charge in [-0.15, -0.1) is 11.8 Å². The predicted molar refractivity (Wildman–Crippen MR) is 144 cm³/mol. The average molecular weight is 492 g/mol. The molecule has 0 bridgehead atoms. The first-order valence-electron chi connectivity index (χ1n) is 10.9. The number of carbonyl (C=O) groups excluding carboxylic acids is 1. The van der Waals surface area contributed by atoms with Crippen LogP contribution in [0, 0.1) is 20.8 Å². The smallest absolute Gasteiger partial charge is 0.234 e. The van der Waals surface area contributed by atoms with Crippen molar-refractivity contribution in [2.24, 2.45) is 9.98 Å². The number of hydrogen-bond acceptors (Lipinski definition) is 5. The zero-order valence-electron chi connectivity index (χ0n) is 19.6. The third-order valence-corrected chi connectivity index (χ3v) is 6.81. The highest BCUT2D eigenvalue weighted by atomic mass is 35.5. The molecule has 34 heavy (non-hydrogen) atoms. The fraction of sp³-hybridized carbons (Fsp3) is 0.222. The number of thioether (sulfide) groups is 1. The second kappa shape index (κ2) is 10.5. The number of carbonyl (C=O) groups is 1. The molecule has 5 nitrogen and oxygen atoms in total. The Hall–Kier alpha value is -3.09. The monoisotopic (exact) mass is 491 g/mol. The molecule has 1 aliphatic rings. The zero-order chi connectivity index (χ0) is 24.2. The Morgan fingerprint density at radius 1 is 1.00 bits per heavy atom. The van der Waals surface area contributed by atoms with Gasteiger partial charge in [0.1, 0.15) is 5.75 Å². The van der Waals surface area contributed by atoms with Gasteiger partial charge in [-0.3, -0.25) is 9.79 Å². The highest BCUT2D eigenvalue weighted by Crippen LogP contribution is 2.36. The molecule has 1 amide bonds. The predicted octanol–water partition coefficient (Wildman–Crippen LogP) is 7.20. The number of rotatable bonds is 5. The maximum Gasteiger partial charge on any atom is 0.234 e. The summed E-state index contributed by atoms with van der Waals surface area (Å²) in [5.41, 5.74) is 7.73. The van der Waals surface area contributed by atoms with E-state index in [-0.39, 0.29) is 11.7 Å². The molecule has 0 unspecified atom stereocenters. The van der Waals surface area contributed by atoms with Crippen LogP contribution in [0.1, 0.15) is 28.7 Å². The molecule has 1 heterocycles. The molecule has 0 aliphatic carbocycles. The van der Waals surface area contributed by atoms with E-state index in [1.165, 1.54) is 22.9 Å². The first-order chi connectivity index (χ1) is 16.3. The quantitative estimate of drug-likeness (QED) is 0.410. The summed E-state index contributed by atoms with van der Waals surface area (Å²) in [4.78, 5) is 22.6. The lowest BCUT2D eigenvalue weighted by Gasteiger charge is -2.11. The van der Waals surface area contributed by atoms with E-state index >= 15 is 0 Å². The van der Waals surface area contributed by atoms with Crippen molar-refractivity contribution in [3.8, 4) is 5.75 Å². The van der Waals surface area contributed by atoms with E-state index < -0.39 is 0 Å². The number of nitrogens with zero attached hydrogens (tertiary/aromatic N) is 2. The molecule has 0 radical (unpaired) electrons. The van der Waals surface area contributed by atoms with Crippen LogP contribution in [-0.2, 0) is 4.79 Å². The molecule has 3 aromatic rings. The fourth-order valence-corrected chi connectivity index (χ4v) is 4.52. The van der Waals surface area contributed by atoms with Crippen LogP contribution in [-0.4, -0.2) is 29.5 Å². The Bertz CT molecular complexity index is 1300. The zero-order valence-corrected chi connectivity index (χ0v) is 21.2. The van der Waals surface area contributed by atoms with Gasteiger partial charge >= 0.3 is 0 Å². The Balaban J connectivity index is 1.58. The second-order valence-electron chi connectivity index (χ2n) is 8.21. The molecule has 1 aliphatic heterocycles. The van der Waals surface area contributed by atoms with Crippen LogP contribution < -0.4 is 10.1 Å². The molecular formula is C27H26ClN3O2S. The molecule has 0 atom stereocenters. The number of amides is 1. The molecule has 0 aromatic heterocycles. The van der Waals surface area contributed by atoms with E-state index in [0.717, 1.165) is 33.3 Å². The summed E-state index contributed by atoms with van der Waals surface area (Å²) in [6.45, 7) is 6.21. The van der Waals surface area contributed by atoms with Gasteiger partial charge in [0.2, 0.25) is 5.91 Å². The van der Waals surface area contributed by atoms with Gasteiger partial charge in [0.05, 0.1) is 40.7 Å². The van der Waals surface area contributed by atoms with Crippen molar-refractivity contribution in [3.05, 3.63) is 81.9 Å². The van der Waals surface area contributed by atoms with Gasteiger partial charge in [0.15, 0.2) is 0 Å². The largest absolute Gasteiger partial charge is 0.495 e. The summed E-state index contributed by atoms with van der Waals surface area (Å²) in [5, 5.41) is 4.26. The molecule has 0 spiro atoms.